The smallest absolute Gasteiger partial charge is 0.264 e. The summed E-state index contributed by atoms with van der Waals surface area (Å²) in [4.78, 5) is 30.1. The Morgan fingerprint density at radius 3 is 2.20 bits per heavy atom. The zero-order chi connectivity index (χ0) is 33.4. The third kappa shape index (κ3) is 8.99. The van der Waals surface area contributed by atoms with Gasteiger partial charge in [0.2, 0.25) is 11.8 Å². The number of rotatable bonds is 13. The number of carbonyl (C=O) groups is 2. The van der Waals surface area contributed by atoms with Gasteiger partial charge in [-0.3, -0.25) is 13.9 Å². The van der Waals surface area contributed by atoms with Gasteiger partial charge < -0.3 is 10.2 Å². The molecule has 0 aliphatic heterocycles. The summed E-state index contributed by atoms with van der Waals surface area (Å²) >= 11 is 9.97. The third-order valence-electron chi connectivity index (χ3n) is 7.85. The fraction of sp³-hybridized carbons (Fsp3) is 0.278. The molecule has 2 atom stereocenters. The highest BCUT2D eigenvalue weighted by atomic mass is 79.9. The quantitative estimate of drug-likeness (QED) is 0.155. The van der Waals surface area contributed by atoms with E-state index in [1.165, 1.54) is 17.0 Å². The molecule has 0 unspecified atom stereocenters. The fourth-order valence-electron chi connectivity index (χ4n) is 4.93. The van der Waals surface area contributed by atoms with Crippen LogP contribution in [0, 0.1) is 13.8 Å². The van der Waals surface area contributed by atoms with Gasteiger partial charge in [0.1, 0.15) is 12.6 Å². The second-order valence-electron chi connectivity index (χ2n) is 11.4. The molecule has 2 amide bonds. The Bertz CT molecular complexity index is 1770. The molecule has 0 spiro atoms. The maximum atomic E-state index is 14.6. The lowest BCUT2D eigenvalue weighted by Crippen LogP contribution is -2.54. The Balaban J connectivity index is 1.83. The number of amides is 2. The number of nitrogens with one attached hydrogen (secondary N) is 1. The molecule has 0 saturated carbocycles. The van der Waals surface area contributed by atoms with E-state index in [1.807, 2.05) is 82.3 Å². The minimum atomic E-state index is -4.22. The van der Waals surface area contributed by atoms with Crippen LogP contribution in [0.2, 0.25) is 5.02 Å². The summed E-state index contributed by atoms with van der Waals surface area (Å²) in [5, 5.41) is 3.42. The zero-order valence-electron chi connectivity index (χ0n) is 26.4. The van der Waals surface area contributed by atoms with Crippen LogP contribution in [-0.4, -0.2) is 43.8 Å². The number of hydrogen-bond acceptors (Lipinski definition) is 4. The van der Waals surface area contributed by atoms with Crippen molar-refractivity contribution < 1.29 is 18.0 Å². The normalized spacial score (nSPS) is 12.7. The number of carbonyl (C=O) groups excluding carboxylic acids is 2. The molecular weight excluding hydrogens is 686 g/mol. The van der Waals surface area contributed by atoms with Crippen molar-refractivity contribution in [3.8, 4) is 0 Å². The van der Waals surface area contributed by atoms with Crippen molar-refractivity contribution in [2.24, 2.45) is 0 Å². The average Bonchev–Trinajstić information content (AvgIpc) is 3.03. The summed E-state index contributed by atoms with van der Waals surface area (Å²) in [5.74, 6) is -0.847. The standard InChI is InChI=1S/C36H39BrClN3O4S/c1-5-27(4)39-36(43)34(21-28-10-7-6-8-11-28)40(23-29-12-9-13-30(37)20-29)35(42)24-41(31-17-16-26(3)33(38)22-31)46(44,45)32-18-14-25(2)15-19-32/h6-20,22,27,34H,5,21,23-24H2,1-4H3,(H,39,43)/t27-,34+/m1/s1. The molecule has 4 aromatic rings. The van der Waals surface area contributed by atoms with Crippen molar-refractivity contribution in [1.82, 2.24) is 10.2 Å². The summed E-state index contributed by atoms with van der Waals surface area (Å²) in [6, 6.07) is 27.3. The van der Waals surface area contributed by atoms with E-state index < -0.39 is 28.5 Å². The van der Waals surface area contributed by atoms with E-state index >= 15 is 0 Å². The van der Waals surface area contributed by atoms with Crippen LogP contribution in [0.3, 0.4) is 0 Å². The highest BCUT2D eigenvalue weighted by molar-refractivity contribution is 9.10. The van der Waals surface area contributed by atoms with Gasteiger partial charge in [-0.2, -0.15) is 0 Å². The molecule has 0 heterocycles. The topological polar surface area (TPSA) is 86.8 Å². The first kappa shape index (κ1) is 35.2. The summed E-state index contributed by atoms with van der Waals surface area (Å²) < 4.78 is 30.3. The van der Waals surface area contributed by atoms with Crippen molar-refractivity contribution in [2.75, 3.05) is 10.8 Å². The molecule has 0 aliphatic carbocycles. The van der Waals surface area contributed by atoms with E-state index in [0.29, 0.717) is 11.4 Å². The van der Waals surface area contributed by atoms with Crippen LogP contribution in [0.4, 0.5) is 5.69 Å². The van der Waals surface area contributed by atoms with Gasteiger partial charge in [0, 0.05) is 28.5 Å². The Labute approximate surface area is 285 Å². The summed E-state index contributed by atoms with van der Waals surface area (Å²) in [5.41, 5.74) is 3.56. The van der Waals surface area contributed by atoms with Crippen LogP contribution < -0.4 is 9.62 Å². The lowest BCUT2D eigenvalue weighted by molar-refractivity contribution is -0.140. The second-order valence-corrected chi connectivity index (χ2v) is 14.6. The highest BCUT2D eigenvalue weighted by Gasteiger charge is 2.35. The van der Waals surface area contributed by atoms with Crippen LogP contribution >= 0.6 is 27.5 Å². The van der Waals surface area contributed by atoms with Crippen molar-refractivity contribution in [2.45, 2.75) is 64.1 Å². The second kappa shape index (κ2) is 15.8. The number of anilines is 1. The molecule has 0 radical (unpaired) electrons. The Morgan fingerprint density at radius 2 is 1.57 bits per heavy atom. The van der Waals surface area contributed by atoms with E-state index in [2.05, 4.69) is 21.2 Å². The van der Waals surface area contributed by atoms with Gasteiger partial charge in [-0.05, 0) is 80.3 Å². The maximum Gasteiger partial charge on any atom is 0.264 e. The number of nitrogens with zero attached hydrogens (tertiary/aromatic N) is 2. The van der Waals surface area contributed by atoms with Crippen molar-refractivity contribution in [1.29, 1.82) is 0 Å². The highest BCUT2D eigenvalue weighted by Crippen LogP contribution is 2.29. The molecule has 0 aliphatic rings. The van der Waals surface area contributed by atoms with E-state index in [4.69, 9.17) is 11.6 Å². The third-order valence-corrected chi connectivity index (χ3v) is 10.5. The number of hydrogen-bond donors (Lipinski definition) is 1. The number of benzene rings is 4. The molecule has 4 aromatic carbocycles. The molecular formula is C36H39BrClN3O4S. The first-order valence-corrected chi connectivity index (χ1v) is 17.7. The number of halogens is 2. The average molecular weight is 725 g/mol. The van der Waals surface area contributed by atoms with Gasteiger partial charge in [0.15, 0.2) is 0 Å². The molecule has 242 valence electrons. The van der Waals surface area contributed by atoms with E-state index in [0.717, 1.165) is 31.0 Å². The Hall–Kier alpha value is -3.66. The first-order chi connectivity index (χ1) is 21.9. The molecule has 0 bridgehead atoms. The van der Waals surface area contributed by atoms with Crippen molar-refractivity contribution in [3.05, 3.63) is 129 Å². The minimum Gasteiger partial charge on any atom is -0.352 e. The van der Waals surface area contributed by atoms with Crippen LogP contribution in [0.15, 0.2) is 106 Å². The van der Waals surface area contributed by atoms with Gasteiger partial charge in [0.05, 0.1) is 10.6 Å². The zero-order valence-corrected chi connectivity index (χ0v) is 29.6. The van der Waals surface area contributed by atoms with Gasteiger partial charge in [-0.25, -0.2) is 8.42 Å². The maximum absolute atomic E-state index is 14.6. The van der Waals surface area contributed by atoms with Crippen LogP contribution in [0.1, 0.15) is 42.5 Å². The molecule has 46 heavy (non-hydrogen) atoms. The largest absolute Gasteiger partial charge is 0.352 e. The van der Waals surface area contributed by atoms with E-state index in [-0.39, 0.29) is 35.5 Å². The molecule has 10 heteroatoms. The van der Waals surface area contributed by atoms with E-state index in [9.17, 15) is 18.0 Å². The van der Waals surface area contributed by atoms with Gasteiger partial charge in [-0.15, -0.1) is 0 Å². The predicted molar refractivity (Wildman–Crippen MR) is 188 cm³/mol. The summed E-state index contributed by atoms with van der Waals surface area (Å²) in [6.45, 7) is 7.10. The Morgan fingerprint density at radius 1 is 0.891 bits per heavy atom. The molecule has 0 aromatic heterocycles. The summed E-state index contributed by atoms with van der Waals surface area (Å²) in [7, 11) is -4.22. The van der Waals surface area contributed by atoms with Gasteiger partial charge in [-0.1, -0.05) is 101 Å². The van der Waals surface area contributed by atoms with Crippen LogP contribution in [-0.2, 0) is 32.6 Å². The molecule has 0 saturated heterocycles. The van der Waals surface area contributed by atoms with Crippen LogP contribution in [0.5, 0.6) is 0 Å². The molecule has 7 nitrogen and oxygen atoms in total. The lowest BCUT2D eigenvalue weighted by atomic mass is 10.0. The van der Waals surface area contributed by atoms with Crippen LogP contribution in [0.25, 0.3) is 0 Å². The molecule has 0 fully saturated rings. The molecule has 4 rings (SSSR count). The SMILES string of the molecule is CC[C@@H](C)NC(=O)[C@H](Cc1ccccc1)N(Cc1cccc(Br)c1)C(=O)CN(c1ccc(C)c(Cl)c1)S(=O)(=O)c1ccc(C)cc1. The van der Waals surface area contributed by atoms with Gasteiger partial charge >= 0.3 is 0 Å². The first-order valence-electron chi connectivity index (χ1n) is 15.1. The van der Waals surface area contributed by atoms with Crippen molar-refractivity contribution in [3.63, 3.8) is 0 Å². The molecule has 1 N–H and O–H groups in total. The van der Waals surface area contributed by atoms with E-state index in [1.54, 1.807) is 30.3 Å². The monoisotopic (exact) mass is 723 g/mol. The Kier molecular flexibility index (Phi) is 12.1. The number of aryl methyl sites for hydroxylation is 2. The summed E-state index contributed by atoms with van der Waals surface area (Å²) in [6.07, 6.45) is 0.948. The fourth-order valence-corrected chi connectivity index (χ4v) is 6.96. The predicted octanol–water partition coefficient (Wildman–Crippen LogP) is 7.47. The van der Waals surface area contributed by atoms with Crippen molar-refractivity contribution >= 4 is 55.1 Å². The minimum absolute atomic E-state index is 0.0384. The van der Waals surface area contributed by atoms with Gasteiger partial charge in [0.25, 0.3) is 10.0 Å². The lowest BCUT2D eigenvalue weighted by Gasteiger charge is -2.34. The number of sulfonamides is 1.